The first-order chi connectivity index (χ1) is 8.65. The van der Waals surface area contributed by atoms with Crippen molar-refractivity contribution < 1.29 is 4.79 Å². The van der Waals surface area contributed by atoms with Crippen LogP contribution in [-0.2, 0) is 0 Å². The lowest BCUT2D eigenvalue weighted by Crippen LogP contribution is -2.34. The van der Waals surface area contributed by atoms with E-state index in [1.165, 1.54) is 19.3 Å². The predicted octanol–water partition coefficient (Wildman–Crippen LogP) is 4.08. The van der Waals surface area contributed by atoms with Crippen LogP contribution in [0.3, 0.4) is 0 Å². The molecule has 0 spiro atoms. The molecule has 1 atom stereocenters. The van der Waals surface area contributed by atoms with Gasteiger partial charge in [0.15, 0.2) is 5.78 Å². The Morgan fingerprint density at radius 2 is 1.89 bits per heavy atom. The van der Waals surface area contributed by atoms with Gasteiger partial charge in [-0.1, -0.05) is 37.8 Å². The summed E-state index contributed by atoms with van der Waals surface area (Å²) in [6, 6.07) is 6.93. The molecule has 0 aliphatic rings. The van der Waals surface area contributed by atoms with E-state index in [4.69, 9.17) is 11.6 Å². The summed E-state index contributed by atoms with van der Waals surface area (Å²) < 4.78 is 0. The number of hydrogen-bond donors (Lipinski definition) is 1. The normalized spacial score (nSPS) is 12.4. The van der Waals surface area contributed by atoms with Crippen LogP contribution in [0.5, 0.6) is 0 Å². The highest BCUT2D eigenvalue weighted by Crippen LogP contribution is 2.11. The zero-order chi connectivity index (χ0) is 13.4. The first-order valence-electron chi connectivity index (χ1n) is 6.68. The molecule has 0 aliphatic carbocycles. The summed E-state index contributed by atoms with van der Waals surface area (Å²) in [6.07, 6.45) is 4.86. The molecule has 1 unspecified atom stereocenters. The molecule has 1 rings (SSSR count). The van der Waals surface area contributed by atoms with Crippen molar-refractivity contribution >= 4 is 17.4 Å². The van der Waals surface area contributed by atoms with Gasteiger partial charge in [-0.3, -0.25) is 4.79 Å². The maximum atomic E-state index is 12.1. The summed E-state index contributed by atoms with van der Waals surface area (Å²) in [5, 5.41) is 3.93. The van der Waals surface area contributed by atoms with Gasteiger partial charge in [0.25, 0.3) is 0 Å². The van der Waals surface area contributed by atoms with Gasteiger partial charge in [-0.25, -0.2) is 0 Å². The molecule has 0 saturated carbocycles. The summed E-state index contributed by atoms with van der Waals surface area (Å²) in [5.41, 5.74) is 0.716. The van der Waals surface area contributed by atoms with Crippen molar-refractivity contribution in [3.63, 3.8) is 0 Å². The second-order valence-corrected chi connectivity index (χ2v) is 5.04. The lowest BCUT2D eigenvalue weighted by molar-refractivity contribution is 0.0951. The van der Waals surface area contributed by atoms with Gasteiger partial charge in [0.2, 0.25) is 0 Å². The van der Waals surface area contributed by atoms with Crippen LogP contribution in [0.2, 0.25) is 5.02 Å². The van der Waals surface area contributed by atoms with Crippen LogP contribution in [-0.4, -0.2) is 18.4 Å². The van der Waals surface area contributed by atoms with Gasteiger partial charge in [-0.2, -0.15) is 0 Å². The van der Waals surface area contributed by atoms with Crippen LogP contribution in [0, 0.1) is 0 Å². The number of ketones is 1. The Morgan fingerprint density at radius 3 is 2.50 bits per heavy atom. The minimum Gasteiger partial charge on any atom is -0.307 e. The Balaban J connectivity index is 2.34. The number of hydrogen-bond acceptors (Lipinski definition) is 2. The molecular formula is C15H22ClNO. The molecule has 1 N–H and O–H groups in total. The Labute approximate surface area is 115 Å². The molecule has 2 nitrogen and oxygen atoms in total. The Hall–Kier alpha value is -0.860. The van der Waals surface area contributed by atoms with Crippen LogP contribution in [0.15, 0.2) is 24.3 Å². The van der Waals surface area contributed by atoms with Crippen LogP contribution < -0.4 is 5.32 Å². The quantitative estimate of drug-likeness (QED) is 0.568. The van der Waals surface area contributed by atoms with E-state index in [1.807, 2.05) is 6.92 Å². The van der Waals surface area contributed by atoms with E-state index in [9.17, 15) is 4.79 Å². The number of rotatable bonds is 8. The van der Waals surface area contributed by atoms with Crippen molar-refractivity contribution in [1.29, 1.82) is 0 Å². The molecule has 3 heteroatoms. The molecule has 0 aromatic heterocycles. The second-order valence-electron chi connectivity index (χ2n) is 4.61. The Kier molecular flexibility index (Phi) is 6.99. The van der Waals surface area contributed by atoms with Gasteiger partial charge in [0.05, 0.1) is 6.04 Å². The molecule has 1 aromatic rings. The average Bonchev–Trinajstić information content (AvgIpc) is 2.38. The molecule has 100 valence electrons. The van der Waals surface area contributed by atoms with Crippen LogP contribution in [0.25, 0.3) is 0 Å². The average molecular weight is 268 g/mol. The third-order valence-corrected chi connectivity index (χ3v) is 3.25. The number of halogens is 1. The predicted molar refractivity (Wildman–Crippen MR) is 77.4 cm³/mol. The highest BCUT2D eigenvalue weighted by Gasteiger charge is 2.13. The highest BCUT2D eigenvalue weighted by atomic mass is 35.5. The van der Waals surface area contributed by atoms with Gasteiger partial charge in [0, 0.05) is 10.6 Å². The van der Waals surface area contributed by atoms with Crippen molar-refractivity contribution in [1.82, 2.24) is 5.32 Å². The third-order valence-electron chi connectivity index (χ3n) is 3.00. The summed E-state index contributed by atoms with van der Waals surface area (Å²) in [6.45, 7) is 5.01. The summed E-state index contributed by atoms with van der Waals surface area (Å²) >= 11 is 5.80. The third kappa shape index (κ3) is 5.19. The van der Waals surface area contributed by atoms with Gasteiger partial charge >= 0.3 is 0 Å². The summed E-state index contributed by atoms with van der Waals surface area (Å²) in [7, 11) is 0. The molecule has 1 aromatic carbocycles. The molecule has 0 bridgehead atoms. The first-order valence-corrected chi connectivity index (χ1v) is 7.06. The molecule has 0 radical (unpaired) electrons. The number of carbonyl (C=O) groups excluding carboxylic acids is 1. The molecule has 0 amide bonds. The topological polar surface area (TPSA) is 29.1 Å². The number of benzene rings is 1. The van der Waals surface area contributed by atoms with E-state index in [0.717, 1.165) is 13.0 Å². The smallest absolute Gasteiger partial charge is 0.179 e. The number of nitrogens with one attached hydrogen (secondary N) is 1. The maximum Gasteiger partial charge on any atom is 0.179 e. The second kappa shape index (κ2) is 8.28. The minimum atomic E-state index is -0.132. The number of unbranched alkanes of at least 4 members (excludes halogenated alkanes) is 3. The zero-order valence-electron chi connectivity index (χ0n) is 11.2. The van der Waals surface area contributed by atoms with Crippen LogP contribution >= 0.6 is 11.6 Å². The summed E-state index contributed by atoms with van der Waals surface area (Å²) in [4.78, 5) is 12.1. The van der Waals surface area contributed by atoms with E-state index in [2.05, 4.69) is 12.2 Å². The van der Waals surface area contributed by atoms with Crippen molar-refractivity contribution in [2.45, 2.75) is 45.6 Å². The number of carbonyl (C=O) groups is 1. The van der Waals surface area contributed by atoms with E-state index in [0.29, 0.717) is 10.6 Å². The van der Waals surface area contributed by atoms with Crippen molar-refractivity contribution in [2.75, 3.05) is 6.54 Å². The fourth-order valence-electron chi connectivity index (χ4n) is 1.83. The fraction of sp³-hybridized carbons (Fsp3) is 0.533. The SMILES string of the molecule is CCCCCCNC(C)C(=O)c1ccc(Cl)cc1. The molecule has 0 heterocycles. The fourth-order valence-corrected chi connectivity index (χ4v) is 1.95. The number of Topliss-reactive ketones (excluding diaryl/α,β-unsaturated/α-hetero) is 1. The molecule has 0 saturated heterocycles. The van der Waals surface area contributed by atoms with E-state index in [-0.39, 0.29) is 11.8 Å². The molecule has 0 aliphatic heterocycles. The lowest BCUT2D eigenvalue weighted by atomic mass is 10.1. The van der Waals surface area contributed by atoms with Crippen molar-refractivity contribution in [3.05, 3.63) is 34.9 Å². The molecule has 0 fully saturated rings. The van der Waals surface area contributed by atoms with Crippen molar-refractivity contribution in [2.24, 2.45) is 0 Å². The minimum absolute atomic E-state index is 0.127. The van der Waals surface area contributed by atoms with E-state index >= 15 is 0 Å². The monoisotopic (exact) mass is 267 g/mol. The van der Waals surface area contributed by atoms with Gasteiger partial charge in [-0.15, -0.1) is 0 Å². The van der Waals surface area contributed by atoms with Gasteiger partial charge < -0.3 is 5.32 Å². The molecule has 18 heavy (non-hydrogen) atoms. The standard InChI is InChI=1S/C15H22ClNO/c1-3-4-5-6-11-17-12(2)15(18)13-7-9-14(16)10-8-13/h7-10,12,17H,3-6,11H2,1-2H3. The summed E-state index contributed by atoms with van der Waals surface area (Å²) in [5.74, 6) is 0.127. The van der Waals surface area contributed by atoms with Crippen LogP contribution in [0.1, 0.15) is 49.9 Å². The zero-order valence-corrected chi connectivity index (χ0v) is 12.0. The van der Waals surface area contributed by atoms with Gasteiger partial charge in [0.1, 0.15) is 0 Å². The maximum absolute atomic E-state index is 12.1. The van der Waals surface area contributed by atoms with E-state index in [1.54, 1.807) is 24.3 Å². The largest absolute Gasteiger partial charge is 0.307 e. The molecular weight excluding hydrogens is 246 g/mol. The first kappa shape index (κ1) is 15.2. The Morgan fingerprint density at radius 1 is 1.22 bits per heavy atom. The van der Waals surface area contributed by atoms with E-state index < -0.39 is 0 Å². The van der Waals surface area contributed by atoms with Crippen LogP contribution in [0.4, 0.5) is 0 Å². The lowest BCUT2D eigenvalue weighted by Gasteiger charge is -2.12. The highest BCUT2D eigenvalue weighted by molar-refractivity contribution is 6.30. The van der Waals surface area contributed by atoms with Crippen molar-refractivity contribution in [3.8, 4) is 0 Å². The Bertz CT molecular complexity index is 361. The van der Waals surface area contributed by atoms with Gasteiger partial charge in [-0.05, 0) is 44.2 Å².